The average Bonchev–Trinajstić information content (AvgIpc) is 3.20. The molecule has 2 atom stereocenters. The molecule has 7 nitrogen and oxygen atoms in total. The van der Waals surface area contributed by atoms with E-state index < -0.39 is 23.5 Å². The maximum atomic E-state index is 13.7. The van der Waals surface area contributed by atoms with E-state index in [1.54, 1.807) is 4.68 Å². The Bertz CT molecular complexity index is 892. The normalized spacial score (nSPS) is 12.9. The van der Waals surface area contributed by atoms with Crippen molar-refractivity contribution in [2.45, 2.75) is 19.1 Å². The van der Waals surface area contributed by atoms with E-state index in [1.165, 1.54) is 6.33 Å². The van der Waals surface area contributed by atoms with Crippen LogP contribution in [0.15, 0.2) is 47.2 Å². The van der Waals surface area contributed by atoms with Crippen molar-refractivity contribution in [3.8, 4) is 11.4 Å². The summed E-state index contributed by atoms with van der Waals surface area (Å²) >= 11 is 3.00. The minimum atomic E-state index is -0.939. The number of nitrogens with zero attached hydrogens (tertiary/aromatic N) is 4. The molecule has 3 aromatic rings. The predicted molar refractivity (Wildman–Crippen MR) is 108 cm³/mol. The van der Waals surface area contributed by atoms with Crippen LogP contribution < -0.4 is 10.1 Å². The van der Waals surface area contributed by atoms with Gasteiger partial charge in [-0.2, -0.15) is 0 Å². The van der Waals surface area contributed by atoms with E-state index in [4.69, 9.17) is 4.74 Å². The molecule has 1 aromatic heterocycles. The van der Waals surface area contributed by atoms with Crippen LogP contribution in [0.4, 0.5) is 8.78 Å². The lowest BCUT2D eigenvalue weighted by Crippen LogP contribution is -2.33. The fourth-order valence-electron chi connectivity index (χ4n) is 2.53. The van der Waals surface area contributed by atoms with Crippen molar-refractivity contribution in [1.29, 1.82) is 0 Å². The molecule has 2 N–H and O–H groups in total. The first-order chi connectivity index (χ1) is 13.4. The monoisotopic (exact) mass is 489 g/mol. The summed E-state index contributed by atoms with van der Waals surface area (Å²) in [5, 5.41) is 24.2. The summed E-state index contributed by atoms with van der Waals surface area (Å²) in [6.45, 7) is 1.89. The number of hydrogen-bond acceptors (Lipinski definition) is 6. The average molecular weight is 491 g/mol. The molecule has 3 rings (SSSR count). The Morgan fingerprint density at radius 3 is 2.45 bits per heavy atom. The Balaban J connectivity index is 0.00000300. The number of aromatic nitrogens is 4. The van der Waals surface area contributed by atoms with E-state index in [0.717, 1.165) is 23.4 Å². The van der Waals surface area contributed by atoms with Gasteiger partial charge < -0.3 is 15.2 Å². The summed E-state index contributed by atoms with van der Waals surface area (Å²) in [6.07, 6.45) is 0.565. The van der Waals surface area contributed by atoms with Crippen LogP contribution in [-0.2, 0) is 0 Å². The van der Waals surface area contributed by atoms with E-state index in [0.29, 0.717) is 0 Å². The quantitative estimate of drug-likeness (QED) is 0.504. The second kappa shape index (κ2) is 10.6. The highest BCUT2D eigenvalue weighted by Gasteiger charge is 2.15. The van der Waals surface area contributed by atoms with Crippen molar-refractivity contribution in [1.82, 2.24) is 25.5 Å². The number of benzene rings is 2. The van der Waals surface area contributed by atoms with Crippen molar-refractivity contribution >= 4 is 28.3 Å². The lowest BCUT2D eigenvalue weighted by Gasteiger charge is -2.18. The molecular formula is C18H19BrClF2N5O2. The maximum Gasteiger partial charge on any atom is 0.190 e. The fraction of sp³-hybridized carbons (Fsp3) is 0.278. The molecule has 0 saturated heterocycles. The Hall–Kier alpha value is -2.14. The smallest absolute Gasteiger partial charge is 0.190 e. The minimum absolute atomic E-state index is 0. The molecule has 2 aromatic carbocycles. The summed E-state index contributed by atoms with van der Waals surface area (Å²) in [4.78, 5) is 0. The van der Waals surface area contributed by atoms with Gasteiger partial charge in [-0.3, -0.25) is 0 Å². The second-order valence-electron chi connectivity index (χ2n) is 6.14. The zero-order valence-corrected chi connectivity index (χ0v) is 17.7. The predicted octanol–water partition coefficient (Wildman–Crippen LogP) is 3.22. The van der Waals surface area contributed by atoms with Gasteiger partial charge in [-0.1, -0.05) is 28.1 Å². The third-order valence-corrected chi connectivity index (χ3v) is 4.51. The number of halogens is 4. The molecule has 0 aliphatic heterocycles. The Morgan fingerprint density at radius 1 is 1.21 bits per heavy atom. The molecule has 1 heterocycles. The molecule has 29 heavy (non-hydrogen) atoms. The van der Waals surface area contributed by atoms with Gasteiger partial charge in [-0.25, -0.2) is 13.5 Å². The molecule has 2 unspecified atom stereocenters. The highest BCUT2D eigenvalue weighted by atomic mass is 79.9. The fourth-order valence-corrected chi connectivity index (χ4v) is 2.93. The maximum absolute atomic E-state index is 13.7. The van der Waals surface area contributed by atoms with Crippen LogP contribution in [0.25, 0.3) is 5.69 Å². The van der Waals surface area contributed by atoms with Crippen molar-refractivity contribution in [2.75, 3.05) is 13.2 Å². The number of aliphatic hydroxyl groups is 1. The van der Waals surface area contributed by atoms with E-state index in [2.05, 4.69) is 36.8 Å². The highest BCUT2D eigenvalue weighted by Crippen LogP contribution is 2.26. The van der Waals surface area contributed by atoms with E-state index in [1.807, 2.05) is 31.2 Å². The summed E-state index contributed by atoms with van der Waals surface area (Å²) in [7, 11) is 0. The van der Waals surface area contributed by atoms with Gasteiger partial charge in [-0.15, -0.1) is 17.5 Å². The van der Waals surface area contributed by atoms with Crippen LogP contribution in [0.5, 0.6) is 5.75 Å². The van der Waals surface area contributed by atoms with Crippen LogP contribution in [0.3, 0.4) is 0 Å². The van der Waals surface area contributed by atoms with Crippen LogP contribution in [0, 0.1) is 11.6 Å². The van der Waals surface area contributed by atoms with Gasteiger partial charge in [0.15, 0.2) is 17.4 Å². The first-order valence-electron chi connectivity index (χ1n) is 8.46. The number of hydrogen-bond donors (Lipinski definition) is 2. The molecule has 156 valence electrons. The highest BCUT2D eigenvalue weighted by molar-refractivity contribution is 9.10. The van der Waals surface area contributed by atoms with Gasteiger partial charge in [0.1, 0.15) is 19.0 Å². The molecule has 0 fully saturated rings. The van der Waals surface area contributed by atoms with Gasteiger partial charge in [0.25, 0.3) is 0 Å². The lowest BCUT2D eigenvalue weighted by molar-refractivity contribution is 0.0993. The van der Waals surface area contributed by atoms with Crippen molar-refractivity contribution in [3.05, 3.63) is 64.4 Å². The van der Waals surface area contributed by atoms with Crippen LogP contribution in [-0.4, -0.2) is 44.6 Å². The topological polar surface area (TPSA) is 85.1 Å². The van der Waals surface area contributed by atoms with E-state index in [-0.39, 0.29) is 36.1 Å². The summed E-state index contributed by atoms with van der Waals surface area (Å²) in [6, 6.07) is 9.74. The standard InChI is InChI=1S/C18H18BrF2N5O2.ClH/c1-11(12-2-4-14(5-3-12)26-10-23-24-25-26)22-8-15(27)9-28-18-16(20)6-13(19)7-17(18)21;/h2-7,10-11,15,22,27H,8-9H2,1H3;1H. The molecule has 0 bridgehead atoms. The first-order valence-corrected chi connectivity index (χ1v) is 9.25. The third kappa shape index (κ3) is 6.17. The molecule has 0 spiro atoms. The molecule has 11 heteroatoms. The minimum Gasteiger partial charge on any atom is -0.485 e. The van der Waals surface area contributed by atoms with Gasteiger partial charge in [-0.05, 0) is 47.2 Å². The van der Waals surface area contributed by atoms with Crippen molar-refractivity contribution in [2.24, 2.45) is 0 Å². The molecule has 0 aliphatic carbocycles. The number of aliphatic hydroxyl groups excluding tert-OH is 1. The Morgan fingerprint density at radius 2 is 1.86 bits per heavy atom. The molecule has 0 saturated carbocycles. The number of rotatable bonds is 8. The SMILES string of the molecule is CC(NCC(O)COc1c(F)cc(Br)cc1F)c1ccc(-n2cnnn2)cc1.Cl. The largest absolute Gasteiger partial charge is 0.485 e. The number of tetrazole rings is 1. The second-order valence-corrected chi connectivity index (χ2v) is 7.05. The van der Waals surface area contributed by atoms with Crippen LogP contribution in [0.2, 0.25) is 0 Å². The van der Waals surface area contributed by atoms with Gasteiger partial charge in [0.2, 0.25) is 0 Å². The van der Waals surface area contributed by atoms with Gasteiger partial charge in [0, 0.05) is 17.1 Å². The number of nitrogens with one attached hydrogen (secondary N) is 1. The molecule has 0 aliphatic rings. The van der Waals surface area contributed by atoms with Gasteiger partial charge >= 0.3 is 0 Å². The van der Waals surface area contributed by atoms with Crippen LogP contribution >= 0.6 is 28.3 Å². The van der Waals surface area contributed by atoms with Crippen LogP contribution in [0.1, 0.15) is 18.5 Å². The van der Waals surface area contributed by atoms with Crippen molar-refractivity contribution < 1.29 is 18.6 Å². The zero-order chi connectivity index (χ0) is 20.1. The number of ether oxygens (including phenoxy) is 1. The lowest BCUT2D eigenvalue weighted by atomic mass is 10.1. The summed E-state index contributed by atoms with van der Waals surface area (Å²) < 4.78 is 34.4. The van der Waals surface area contributed by atoms with E-state index in [9.17, 15) is 13.9 Å². The Labute approximate surface area is 180 Å². The third-order valence-electron chi connectivity index (χ3n) is 4.05. The summed E-state index contributed by atoms with van der Waals surface area (Å²) in [5.74, 6) is -2.17. The van der Waals surface area contributed by atoms with Gasteiger partial charge in [0.05, 0.1) is 5.69 Å². The van der Waals surface area contributed by atoms with Crippen molar-refractivity contribution in [3.63, 3.8) is 0 Å². The molecule has 0 amide bonds. The molecule has 0 radical (unpaired) electrons. The zero-order valence-electron chi connectivity index (χ0n) is 15.3. The summed E-state index contributed by atoms with van der Waals surface area (Å²) in [5.41, 5.74) is 1.82. The van der Waals surface area contributed by atoms with E-state index >= 15 is 0 Å². The molecular weight excluding hydrogens is 472 g/mol. The Kier molecular flexibility index (Phi) is 8.45. The first kappa shape index (κ1) is 23.1.